The van der Waals surface area contributed by atoms with Gasteiger partial charge in [0, 0.05) is 32.2 Å². The van der Waals surface area contributed by atoms with Crippen LogP contribution in [0.2, 0.25) is 0 Å². The molecule has 1 saturated heterocycles. The van der Waals surface area contributed by atoms with Gasteiger partial charge in [-0.2, -0.15) is 0 Å². The quantitative estimate of drug-likeness (QED) is 0.723. The van der Waals surface area contributed by atoms with Gasteiger partial charge in [-0.15, -0.1) is 0 Å². The molecule has 1 N–H and O–H groups in total. The molecule has 8 heteroatoms. The van der Waals surface area contributed by atoms with Crippen LogP contribution in [0.3, 0.4) is 0 Å². The first-order valence-corrected chi connectivity index (χ1v) is 10.6. The highest BCUT2D eigenvalue weighted by atomic mass is 32.2. The van der Waals surface area contributed by atoms with Crippen molar-refractivity contribution in [1.29, 1.82) is 0 Å². The van der Waals surface area contributed by atoms with Crippen molar-refractivity contribution >= 4 is 10.0 Å². The third-order valence-electron chi connectivity index (χ3n) is 4.73. The molecule has 0 aromatic heterocycles. The first-order valence-electron chi connectivity index (χ1n) is 9.12. The zero-order valence-electron chi connectivity index (χ0n) is 16.2. The monoisotopic (exact) mass is 406 g/mol. The first-order chi connectivity index (χ1) is 13.5. The van der Waals surface area contributed by atoms with Crippen LogP contribution in [0.25, 0.3) is 0 Å². The maximum absolute atomic E-state index is 12.7. The van der Waals surface area contributed by atoms with Crippen molar-refractivity contribution in [2.24, 2.45) is 0 Å². The third-order valence-corrected chi connectivity index (χ3v) is 6.13. The van der Waals surface area contributed by atoms with Crippen molar-refractivity contribution in [1.82, 2.24) is 9.62 Å². The van der Waals surface area contributed by atoms with Gasteiger partial charge in [-0.3, -0.25) is 4.90 Å². The van der Waals surface area contributed by atoms with Crippen LogP contribution in [0.1, 0.15) is 11.1 Å². The number of nitrogens with zero attached hydrogens (tertiary/aromatic N) is 1. The lowest BCUT2D eigenvalue weighted by Crippen LogP contribution is -2.36. The summed E-state index contributed by atoms with van der Waals surface area (Å²) in [5.74, 6) is 0.857. The van der Waals surface area contributed by atoms with Gasteiger partial charge in [0.15, 0.2) is 11.5 Å². The van der Waals surface area contributed by atoms with Gasteiger partial charge in [-0.25, -0.2) is 13.1 Å². The summed E-state index contributed by atoms with van der Waals surface area (Å²) in [4.78, 5) is 2.45. The standard InChI is InChI=1S/C20H26N2O5S/c1-25-19-8-7-18(13-20(19)26-2)28(23,24)21-14-16-5-3-4-6-17(16)15-22-9-11-27-12-10-22/h3-8,13,21H,9-12,14-15H2,1-2H3. The summed E-state index contributed by atoms with van der Waals surface area (Å²) < 4.78 is 43.9. The summed E-state index contributed by atoms with van der Waals surface area (Å²) in [5, 5.41) is 0. The predicted molar refractivity (Wildman–Crippen MR) is 106 cm³/mol. The Morgan fingerprint density at radius 2 is 1.68 bits per heavy atom. The fourth-order valence-electron chi connectivity index (χ4n) is 3.12. The summed E-state index contributed by atoms with van der Waals surface area (Å²) in [6, 6.07) is 12.4. The van der Waals surface area contributed by atoms with E-state index in [4.69, 9.17) is 14.2 Å². The van der Waals surface area contributed by atoms with E-state index in [9.17, 15) is 8.42 Å². The Kier molecular flexibility index (Phi) is 6.90. The molecule has 1 heterocycles. The number of hydrogen-bond donors (Lipinski definition) is 1. The number of methoxy groups -OCH3 is 2. The summed E-state index contributed by atoms with van der Waals surface area (Å²) in [7, 11) is -0.700. The molecule has 2 aromatic rings. The molecule has 0 atom stereocenters. The number of morpholine rings is 1. The van der Waals surface area contributed by atoms with Crippen LogP contribution in [-0.4, -0.2) is 53.8 Å². The van der Waals surface area contributed by atoms with E-state index in [0.29, 0.717) is 11.5 Å². The molecule has 0 aliphatic carbocycles. The normalized spacial score (nSPS) is 15.4. The third kappa shape index (κ3) is 5.02. The van der Waals surface area contributed by atoms with Crippen LogP contribution in [0.15, 0.2) is 47.4 Å². The molecule has 1 aliphatic rings. The molecule has 1 aliphatic heterocycles. The maximum atomic E-state index is 12.7. The molecule has 0 saturated carbocycles. The Morgan fingerprint density at radius 3 is 2.36 bits per heavy atom. The van der Waals surface area contributed by atoms with E-state index in [1.807, 2.05) is 24.3 Å². The molecule has 0 spiro atoms. The van der Waals surface area contributed by atoms with Crippen LogP contribution in [-0.2, 0) is 27.8 Å². The maximum Gasteiger partial charge on any atom is 0.241 e. The fraction of sp³-hybridized carbons (Fsp3) is 0.400. The minimum atomic E-state index is -3.69. The van der Waals surface area contributed by atoms with Gasteiger partial charge >= 0.3 is 0 Å². The van der Waals surface area contributed by atoms with E-state index >= 15 is 0 Å². The Morgan fingerprint density at radius 1 is 1.00 bits per heavy atom. The topological polar surface area (TPSA) is 77.1 Å². The Labute approximate surface area is 166 Å². The van der Waals surface area contributed by atoms with Gasteiger partial charge in [-0.05, 0) is 23.3 Å². The largest absolute Gasteiger partial charge is 0.493 e. The predicted octanol–water partition coefficient (Wildman–Crippen LogP) is 2.01. The van der Waals surface area contributed by atoms with Gasteiger partial charge in [0.2, 0.25) is 10.0 Å². The second kappa shape index (κ2) is 9.38. The van der Waals surface area contributed by atoms with E-state index in [-0.39, 0.29) is 11.4 Å². The molecule has 0 unspecified atom stereocenters. The molecule has 0 bridgehead atoms. The molecule has 2 aromatic carbocycles. The average molecular weight is 407 g/mol. The average Bonchev–Trinajstić information content (AvgIpc) is 2.73. The molecule has 7 nitrogen and oxygen atoms in total. The zero-order chi connectivity index (χ0) is 20.0. The van der Waals surface area contributed by atoms with Crippen molar-refractivity contribution in [3.05, 3.63) is 53.6 Å². The minimum absolute atomic E-state index is 0.135. The van der Waals surface area contributed by atoms with Gasteiger partial charge in [0.05, 0.1) is 32.3 Å². The Hall–Kier alpha value is -2.13. The first kappa shape index (κ1) is 20.6. The van der Waals surface area contributed by atoms with Crippen molar-refractivity contribution in [3.8, 4) is 11.5 Å². The van der Waals surface area contributed by atoms with Gasteiger partial charge in [-0.1, -0.05) is 24.3 Å². The number of nitrogens with one attached hydrogen (secondary N) is 1. The van der Waals surface area contributed by atoms with Gasteiger partial charge < -0.3 is 14.2 Å². The van der Waals surface area contributed by atoms with E-state index in [2.05, 4.69) is 9.62 Å². The molecule has 1 fully saturated rings. The van der Waals surface area contributed by atoms with Gasteiger partial charge in [0.25, 0.3) is 0 Å². The van der Waals surface area contributed by atoms with E-state index in [1.54, 1.807) is 6.07 Å². The summed E-state index contributed by atoms with van der Waals surface area (Å²) in [6.07, 6.45) is 0. The SMILES string of the molecule is COc1ccc(S(=O)(=O)NCc2ccccc2CN2CCOCC2)cc1OC. The molecule has 28 heavy (non-hydrogen) atoms. The smallest absolute Gasteiger partial charge is 0.241 e. The number of rotatable bonds is 8. The van der Waals surface area contributed by atoms with E-state index < -0.39 is 10.0 Å². The van der Waals surface area contributed by atoms with E-state index in [0.717, 1.165) is 44.0 Å². The fourth-order valence-corrected chi connectivity index (χ4v) is 4.15. The molecule has 0 radical (unpaired) electrons. The second-order valence-corrected chi connectivity index (χ2v) is 8.27. The number of sulfonamides is 1. The van der Waals surface area contributed by atoms with E-state index in [1.165, 1.54) is 26.4 Å². The highest BCUT2D eigenvalue weighted by Gasteiger charge is 2.18. The van der Waals surface area contributed by atoms with Crippen molar-refractivity contribution in [2.75, 3.05) is 40.5 Å². The van der Waals surface area contributed by atoms with Crippen LogP contribution < -0.4 is 14.2 Å². The minimum Gasteiger partial charge on any atom is -0.493 e. The lowest BCUT2D eigenvalue weighted by atomic mass is 10.1. The molecule has 152 valence electrons. The summed E-state index contributed by atoms with van der Waals surface area (Å²) in [5.41, 5.74) is 2.07. The van der Waals surface area contributed by atoms with Crippen molar-refractivity contribution < 1.29 is 22.6 Å². The van der Waals surface area contributed by atoms with Crippen LogP contribution >= 0.6 is 0 Å². The van der Waals surface area contributed by atoms with Crippen LogP contribution in [0.5, 0.6) is 11.5 Å². The lowest BCUT2D eigenvalue weighted by Gasteiger charge is -2.27. The summed E-state index contributed by atoms with van der Waals surface area (Å²) in [6.45, 7) is 4.22. The molecular formula is C20H26N2O5S. The summed E-state index contributed by atoms with van der Waals surface area (Å²) >= 11 is 0. The van der Waals surface area contributed by atoms with Crippen molar-refractivity contribution in [3.63, 3.8) is 0 Å². The number of ether oxygens (including phenoxy) is 3. The molecule has 0 amide bonds. The lowest BCUT2D eigenvalue weighted by molar-refractivity contribution is 0.0341. The highest BCUT2D eigenvalue weighted by Crippen LogP contribution is 2.29. The zero-order valence-corrected chi connectivity index (χ0v) is 17.0. The van der Waals surface area contributed by atoms with Crippen LogP contribution in [0.4, 0.5) is 0 Å². The number of benzene rings is 2. The second-order valence-electron chi connectivity index (χ2n) is 6.50. The number of hydrogen-bond acceptors (Lipinski definition) is 6. The van der Waals surface area contributed by atoms with Gasteiger partial charge in [0.1, 0.15) is 0 Å². The van der Waals surface area contributed by atoms with Crippen molar-refractivity contribution in [2.45, 2.75) is 18.0 Å². The Bertz CT molecular complexity index is 895. The molecule has 3 rings (SSSR count). The Balaban J connectivity index is 1.72. The highest BCUT2D eigenvalue weighted by molar-refractivity contribution is 7.89. The van der Waals surface area contributed by atoms with Crippen LogP contribution in [0, 0.1) is 0 Å². The molecular weight excluding hydrogens is 380 g/mol.